The number of nitrogens with zero attached hydrogens (tertiary/aromatic N) is 1. The van der Waals surface area contributed by atoms with Gasteiger partial charge < -0.3 is 4.98 Å². The third kappa shape index (κ3) is 2.16. The van der Waals surface area contributed by atoms with Gasteiger partial charge in [0.1, 0.15) is 5.82 Å². The number of H-pyrrole nitrogens is 1. The van der Waals surface area contributed by atoms with Crippen LogP contribution in [0.3, 0.4) is 0 Å². The molecule has 1 heterocycles. The smallest absolute Gasteiger partial charge is 0.182 e. The molecule has 2 aromatic carbocycles. The summed E-state index contributed by atoms with van der Waals surface area (Å²) in [5.41, 5.74) is 1.98. The first kappa shape index (κ1) is 12.7. The van der Waals surface area contributed by atoms with Gasteiger partial charge in [-0.1, -0.05) is 23.2 Å². The number of nitrogens with one attached hydrogen (secondary N) is 1. The molecule has 0 aliphatic carbocycles. The van der Waals surface area contributed by atoms with Gasteiger partial charge in [-0.2, -0.15) is 0 Å². The summed E-state index contributed by atoms with van der Waals surface area (Å²) in [6.45, 7) is 0. The summed E-state index contributed by atoms with van der Waals surface area (Å²) in [6, 6.07) is 9.47. The maximum absolute atomic E-state index is 13.4. The van der Waals surface area contributed by atoms with Crippen LogP contribution in [0.4, 0.5) is 4.39 Å². The monoisotopic (exact) mass is 312 g/mol. The lowest BCUT2D eigenvalue weighted by molar-refractivity contribution is 0.629. The van der Waals surface area contributed by atoms with Crippen LogP contribution in [0.5, 0.6) is 0 Å². The van der Waals surface area contributed by atoms with Crippen molar-refractivity contribution in [2.24, 2.45) is 0 Å². The topological polar surface area (TPSA) is 20.7 Å². The van der Waals surface area contributed by atoms with Crippen molar-refractivity contribution in [3.8, 4) is 5.69 Å². The molecule has 0 aliphatic heterocycles. The average molecular weight is 313 g/mol. The van der Waals surface area contributed by atoms with E-state index in [-0.39, 0.29) is 5.82 Å². The Balaban J connectivity index is 2.42. The molecular weight excluding hydrogens is 306 g/mol. The number of aromatic nitrogens is 2. The molecule has 0 saturated carbocycles. The van der Waals surface area contributed by atoms with E-state index in [9.17, 15) is 4.39 Å². The van der Waals surface area contributed by atoms with Crippen molar-refractivity contribution in [3.63, 3.8) is 0 Å². The number of rotatable bonds is 1. The van der Waals surface area contributed by atoms with E-state index >= 15 is 0 Å². The van der Waals surface area contributed by atoms with E-state index in [1.165, 1.54) is 12.1 Å². The normalized spacial score (nSPS) is 11.1. The van der Waals surface area contributed by atoms with Gasteiger partial charge in [-0.25, -0.2) is 4.39 Å². The number of aromatic amines is 1. The third-order valence-corrected chi connectivity index (χ3v) is 3.63. The highest BCUT2D eigenvalue weighted by molar-refractivity contribution is 7.71. The first-order chi connectivity index (χ1) is 9.06. The molecule has 2 nitrogen and oxygen atoms in total. The Morgan fingerprint density at radius 1 is 1.11 bits per heavy atom. The highest BCUT2D eigenvalue weighted by atomic mass is 35.5. The molecule has 0 unspecified atom stereocenters. The summed E-state index contributed by atoms with van der Waals surface area (Å²) in [7, 11) is 0. The zero-order valence-electron chi connectivity index (χ0n) is 9.45. The van der Waals surface area contributed by atoms with E-state index in [4.69, 9.17) is 35.4 Å². The Kier molecular flexibility index (Phi) is 3.09. The highest BCUT2D eigenvalue weighted by Crippen LogP contribution is 2.28. The van der Waals surface area contributed by atoms with Crippen LogP contribution in [0.25, 0.3) is 16.7 Å². The van der Waals surface area contributed by atoms with Crippen LogP contribution in [0.2, 0.25) is 10.0 Å². The summed E-state index contributed by atoms with van der Waals surface area (Å²) in [6.07, 6.45) is 0. The second-order valence-electron chi connectivity index (χ2n) is 4.02. The molecule has 0 atom stereocenters. The van der Waals surface area contributed by atoms with Crippen molar-refractivity contribution in [1.29, 1.82) is 0 Å². The van der Waals surface area contributed by atoms with Crippen LogP contribution in [-0.4, -0.2) is 9.55 Å². The predicted octanol–water partition coefficient (Wildman–Crippen LogP) is 5.13. The molecule has 1 N–H and O–H groups in total. The first-order valence-corrected chi connectivity index (χ1v) is 6.58. The number of imidazole rings is 1. The molecule has 0 aliphatic rings. The number of halogens is 3. The lowest BCUT2D eigenvalue weighted by Crippen LogP contribution is -1.95. The zero-order valence-corrected chi connectivity index (χ0v) is 11.8. The van der Waals surface area contributed by atoms with Crippen LogP contribution in [0.1, 0.15) is 0 Å². The summed E-state index contributed by atoms with van der Waals surface area (Å²) < 4.78 is 15.5. The van der Waals surface area contributed by atoms with Crippen LogP contribution in [-0.2, 0) is 0 Å². The van der Waals surface area contributed by atoms with Crippen molar-refractivity contribution in [1.82, 2.24) is 9.55 Å². The maximum atomic E-state index is 13.4. The van der Waals surface area contributed by atoms with Gasteiger partial charge in [-0.3, -0.25) is 4.57 Å². The number of benzene rings is 2. The van der Waals surface area contributed by atoms with Crippen molar-refractivity contribution < 1.29 is 4.39 Å². The van der Waals surface area contributed by atoms with Gasteiger partial charge in [0.15, 0.2) is 4.77 Å². The maximum Gasteiger partial charge on any atom is 0.182 e. The molecule has 3 aromatic rings. The minimum absolute atomic E-state index is 0.339. The van der Waals surface area contributed by atoms with Gasteiger partial charge in [0.05, 0.1) is 21.7 Å². The molecule has 1 aromatic heterocycles. The van der Waals surface area contributed by atoms with Crippen LogP contribution in [0, 0.1) is 10.6 Å². The zero-order chi connectivity index (χ0) is 13.6. The average Bonchev–Trinajstić information content (AvgIpc) is 2.68. The van der Waals surface area contributed by atoms with Gasteiger partial charge >= 0.3 is 0 Å². The van der Waals surface area contributed by atoms with Crippen LogP contribution < -0.4 is 0 Å². The molecule has 0 saturated heterocycles. The Morgan fingerprint density at radius 2 is 1.89 bits per heavy atom. The minimum Gasteiger partial charge on any atom is -0.330 e. The molecule has 0 bridgehead atoms. The molecule has 6 heteroatoms. The third-order valence-electron chi connectivity index (χ3n) is 2.79. The van der Waals surface area contributed by atoms with Crippen molar-refractivity contribution in [2.45, 2.75) is 0 Å². The van der Waals surface area contributed by atoms with Crippen LogP contribution >= 0.6 is 35.4 Å². The van der Waals surface area contributed by atoms with Crippen molar-refractivity contribution in [3.05, 3.63) is 57.0 Å². The second-order valence-corrected chi connectivity index (χ2v) is 5.25. The Hall–Kier alpha value is -1.36. The van der Waals surface area contributed by atoms with Crippen molar-refractivity contribution in [2.75, 3.05) is 0 Å². The predicted molar refractivity (Wildman–Crippen MR) is 78.4 cm³/mol. The molecule has 0 fully saturated rings. The van der Waals surface area contributed by atoms with E-state index in [0.29, 0.717) is 26.0 Å². The Labute approximate surface area is 123 Å². The largest absolute Gasteiger partial charge is 0.330 e. The fraction of sp³-hybridized carbons (Fsp3) is 0. The molecule has 96 valence electrons. The Bertz CT molecular complexity index is 838. The lowest BCUT2D eigenvalue weighted by atomic mass is 10.2. The minimum atomic E-state index is -0.339. The molecule has 3 rings (SSSR count). The van der Waals surface area contributed by atoms with Gasteiger partial charge in [-0.05, 0) is 42.5 Å². The van der Waals surface area contributed by atoms with Gasteiger partial charge in [0.25, 0.3) is 0 Å². The number of fused-ring (bicyclic) bond motifs is 1. The van der Waals surface area contributed by atoms with Gasteiger partial charge in [0.2, 0.25) is 0 Å². The second kappa shape index (κ2) is 4.63. The molecular formula is C13H7Cl2FN2S. The number of hydrogen-bond acceptors (Lipinski definition) is 1. The van der Waals surface area contributed by atoms with E-state index in [1.807, 2.05) is 0 Å². The van der Waals surface area contributed by atoms with Crippen LogP contribution in [0.15, 0.2) is 36.4 Å². The summed E-state index contributed by atoms with van der Waals surface area (Å²) in [4.78, 5) is 3.01. The SMILES string of the molecule is Fc1ccc2[nH]c(=S)n(-c3cc(Cl)ccc3Cl)c2c1. The van der Waals surface area contributed by atoms with E-state index in [2.05, 4.69) is 4.98 Å². The number of hydrogen-bond donors (Lipinski definition) is 1. The van der Waals surface area contributed by atoms with Gasteiger partial charge in [-0.15, -0.1) is 0 Å². The summed E-state index contributed by atoms with van der Waals surface area (Å²) in [5.74, 6) is -0.339. The Morgan fingerprint density at radius 3 is 2.68 bits per heavy atom. The summed E-state index contributed by atoms with van der Waals surface area (Å²) in [5, 5.41) is 1.03. The van der Waals surface area contributed by atoms with E-state index in [1.54, 1.807) is 28.8 Å². The molecule has 0 amide bonds. The van der Waals surface area contributed by atoms with Crippen molar-refractivity contribution >= 4 is 46.5 Å². The molecule has 0 radical (unpaired) electrons. The standard InChI is InChI=1S/C13H7Cl2FN2S/c14-7-1-3-9(15)11(5-7)18-12-6-8(16)2-4-10(12)17-13(18)19/h1-6H,(H,17,19). The fourth-order valence-electron chi connectivity index (χ4n) is 1.97. The molecule has 0 spiro atoms. The lowest BCUT2D eigenvalue weighted by Gasteiger charge is -2.07. The highest BCUT2D eigenvalue weighted by Gasteiger charge is 2.11. The first-order valence-electron chi connectivity index (χ1n) is 5.42. The molecule has 19 heavy (non-hydrogen) atoms. The fourth-order valence-corrected chi connectivity index (χ4v) is 2.65. The van der Waals surface area contributed by atoms with Gasteiger partial charge in [0, 0.05) is 11.1 Å². The quantitative estimate of drug-likeness (QED) is 0.617. The van der Waals surface area contributed by atoms with E-state index < -0.39 is 0 Å². The summed E-state index contributed by atoms with van der Waals surface area (Å²) >= 11 is 17.4. The van der Waals surface area contributed by atoms with E-state index in [0.717, 1.165) is 5.52 Å².